The molecule has 1 saturated carbocycles. The van der Waals surface area contributed by atoms with Crippen LogP contribution >= 0.6 is 0 Å². The van der Waals surface area contributed by atoms with E-state index in [0.29, 0.717) is 6.04 Å². The lowest BCUT2D eigenvalue weighted by molar-refractivity contribution is 0.0938. The van der Waals surface area contributed by atoms with E-state index < -0.39 is 0 Å². The second-order valence-electron chi connectivity index (χ2n) is 5.76. The van der Waals surface area contributed by atoms with Crippen molar-refractivity contribution in [2.45, 2.75) is 39.2 Å². The quantitative estimate of drug-likeness (QED) is 0.850. The van der Waals surface area contributed by atoms with Gasteiger partial charge < -0.3 is 10.3 Å². The molecule has 19 heavy (non-hydrogen) atoms. The normalized spacial score (nSPS) is 22.8. The number of nitrogens with one attached hydrogen (secondary N) is 2. The van der Waals surface area contributed by atoms with E-state index >= 15 is 0 Å². The Kier molecular flexibility index (Phi) is 3.05. The van der Waals surface area contributed by atoms with Crippen molar-refractivity contribution >= 4 is 16.8 Å². The van der Waals surface area contributed by atoms with Gasteiger partial charge in [-0.25, -0.2) is 0 Å². The molecule has 2 aromatic rings. The molecule has 1 aliphatic rings. The molecule has 1 aliphatic carbocycles. The molecule has 0 radical (unpaired) electrons. The number of para-hydroxylation sites is 1. The molecular formula is C16H20N2O. The van der Waals surface area contributed by atoms with E-state index in [-0.39, 0.29) is 5.91 Å². The van der Waals surface area contributed by atoms with Crippen molar-refractivity contribution in [1.82, 2.24) is 10.3 Å². The number of aromatic amines is 1. The Hall–Kier alpha value is -1.77. The number of aryl methyl sites for hydroxylation is 1. The number of benzene rings is 1. The zero-order valence-electron chi connectivity index (χ0n) is 11.5. The van der Waals surface area contributed by atoms with E-state index in [0.717, 1.165) is 40.9 Å². The van der Waals surface area contributed by atoms with Crippen molar-refractivity contribution in [3.63, 3.8) is 0 Å². The smallest absolute Gasteiger partial charge is 0.253 e. The standard InChI is InChI=1S/C16H20N2O/c1-10-7-8-12(9-10)18-16(19)15-11(2)17-14-6-4-3-5-13(14)15/h3-6,10,12,17H,7-9H2,1-2H3,(H,18,19). The number of aromatic nitrogens is 1. The second-order valence-corrected chi connectivity index (χ2v) is 5.76. The van der Waals surface area contributed by atoms with Crippen LogP contribution in [-0.4, -0.2) is 16.9 Å². The Morgan fingerprint density at radius 3 is 2.84 bits per heavy atom. The Labute approximate surface area is 113 Å². The largest absolute Gasteiger partial charge is 0.358 e. The maximum absolute atomic E-state index is 12.5. The van der Waals surface area contributed by atoms with Crippen LogP contribution in [-0.2, 0) is 0 Å². The summed E-state index contributed by atoms with van der Waals surface area (Å²) >= 11 is 0. The number of hydrogen-bond donors (Lipinski definition) is 2. The average molecular weight is 256 g/mol. The van der Waals surface area contributed by atoms with Crippen LogP contribution in [0, 0.1) is 12.8 Å². The van der Waals surface area contributed by atoms with Crippen molar-refractivity contribution in [2.75, 3.05) is 0 Å². The van der Waals surface area contributed by atoms with Crippen molar-refractivity contribution < 1.29 is 4.79 Å². The topological polar surface area (TPSA) is 44.9 Å². The highest BCUT2D eigenvalue weighted by Gasteiger charge is 2.24. The number of rotatable bonds is 2. The van der Waals surface area contributed by atoms with Crippen molar-refractivity contribution in [1.29, 1.82) is 0 Å². The molecule has 3 nitrogen and oxygen atoms in total. The average Bonchev–Trinajstić information content (AvgIpc) is 2.91. The zero-order chi connectivity index (χ0) is 13.4. The van der Waals surface area contributed by atoms with E-state index in [1.165, 1.54) is 6.42 Å². The van der Waals surface area contributed by atoms with Crippen molar-refractivity contribution in [3.05, 3.63) is 35.5 Å². The molecule has 2 N–H and O–H groups in total. The lowest BCUT2D eigenvalue weighted by Gasteiger charge is -2.12. The lowest BCUT2D eigenvalue weighted by atomic mass is 10.1. The number of carbonyl (C=O) groups is 1. The van der Waals surface area contributed by atoms with Crippen LogP contribution in [0.15, 0.2) is 24.3 Å². The van der Waals surface area contributed by atoms with Crippen molar-refractivity contribution in [2.24, 2.45) is 5.92 Å². The third-order valence-electron chi connectivity index (χ3n) is 4.15. The molecule has 0 spiro atoms. The van der Waals surface area contributed by atoms with Gasteiger partial charge in [-0.3, -0.25) is 4.79 Å². The minimum Gasteiger partial charge on any atom is -0.358 e. The summed E-state index contributed by atoms with van der Waals surface area (Å²) < 4.78 is 0. The predicted octanol–water partition coefficient (Wildman–Crippen LogP) is 3.39. The van der Waals surface area contributed by atoms with Crippen LogP contribution in [0.25, 0.3) is 10.9 Å². The minimum atomic E-state index is 0.0639. The Morgan fingerprint density at radius 1 is 1.32 bits per heavy atom. The van der Waals surface area contributed by atoms with Gasteiger partial charge in [0.05, 0.1) is 5.56 Å². The van der Waals surface area contributed by atoms with E-state index in [4.69, 9.17) is 0 Å². The SMILES string of the molecule is Cc1[nH]c2ccccc2c1C(=O)NC1CCC(C)C1. The first-order valence-corrected chi connectivity index (χ1v) is 7.03. The molecule has 1 heterocycles. The van der Waals surface area contributed by atoms with Crippen LogP contribution in [0.3, 0.4) is 0 Å². The Morgan fingerprint density at radius 2 is 2.11 bits per heavy atom. The summed E-state index contributed by atoms with van der Waals surface area (Å²) in [5.41, 5.74) is 2.78. The predicted molar refractivity (Wildman–Crippen MR) is 77.3 cm³/mol. The van der Waals surface area contributed by atoms with Gasteiger partial charge in [0.1, 0.15) is 0 Å². The Bertz CT molecular complexity index is 614. The number of hydrogen-bond acceptors (Lipinski definition) is 1. The summed E-state index contributed by atoms with van der Waals surface area (Å²) in [6, 6.07) is 8.32. The maximum atomic E-state index is 12.5. The van der Waals surface area contributed by atoms with Crippen LogP contribution in [0.1, 0.15) is 42.2 Å². The van der Waals surface area contributed by atoms with Gasteiger partial charge in [-0.1, -0.05) is 25.1 Å². The van der Waals surface area contributed by atoms with Crippen molar-refractivity contribution in [3.8, 4) is 0 Å². The molecule has 100 valence electrons. The van der Waals surface area contributed by atoms with Gasteiger partial charge >= 0.3 is 0 Å². The van der Waals surface area contributed by atoms with Crippen LogP contribution < -0.4 is 5.32 Å². The van der Waals surface area contributed by atoms with Gasteiger partial charge in [0.15, 0.2) is 0 Å². The molecule has 3 rings (SSSR count). The highest BCUT2D eigenvalue weighted by atomic mass is 16.1. The molecule has 0 aliphatic heterocycles. The zero-order valence-corrected chi connectivity index (χ0v) is 11.5. The highest BCUT2D eigenvalue weighted by Crippen LogP contribution is 2.26. The summed E-state index contributed by atoms with van der Waals surface area (Å²) in [7, 11) is 0. The van der Waals surface area contributed by atoms with Gasteiger partial charge in [0.25, 0.3) is 5.91 Å². The second kappa shape index (κ2) is 4.72. The van der Waals surface area contributed by atoms with E-state index in [9.17, 15) is 4.79 Å². The first kappa shape index (κ1) is 12.3. The molecule has 1 aromatic heterocycles. The third kappa shape index (κ3) is 2.25. The summed E-state index contributed by atoms with van der Waals surface area (Å²) in [5, 5.41) is 4.20. The van der Waals surface area contributed by atoms with E-state index in [1.807, 2.05) is 31.2 Å². The summed E-state index contributed by atoms with van der Waals surface area (Å²) in [4.78, 5) is 15.8. The first-order valence-electron chi connectivity index (χ1n) is 7.03. The van der Waals surface area contributed by atoms with E-state index in [1.54, 1.807) is 0 Å². The summed E-state index contributed by atoms with van der Waals surface area (Å²) in [6.45, 7) is 4.22. The monoisotopic (exact) mass is 256 g/mol. The molecule has 3 heteroatoms. The molecule has 1 amide bonds. The molecular weight excluding hydrogens is 236 g/mol. The molecule has 1 fully saturated rings. The number of amides is 1. The molecule has 0 bridgehead atoms. The maximum Gasteiger partial charge on any atom is 0.253 e. The Balaban J connectivity index is 1.87. The van der Waals surface area contributed by atoms with E-state index in [2.05, 4.69) is 17.2 Å². The van der Waals surface area contributed by atoms with Gasteiger partial charge in [-0.15, -0.1) is 0 Å². The van der Waals surface area contributed by atoms with Gasteiger partial charge in [0.2, 0.25) is 0 Å². The minimum absolute atomic E-state index is 0.0639. The fourth-order valence-electron chi connectivity index (χ4n) is 3.17. The fourth-order valence-corrected chi connectivity index (χ4v) is 3.17. The fraction of sp³-hybridized carbons (Fsp3) is 0.438. The molecule has 1 aromatic carbocycles. The van der Waals surface area contributed by atoms with Crippen LogP contribution in [0.5, 0.6) is 0 Å². The molecule has 2 unspecified atom stereocenters. The molecule has 2 atom stereocenters. The number of fused-ring (bicyclic) bond motifs is 1. The van der Waals surface area contributed by atoms with Crippen LogP contribution in [0.2, 0.25) is 0 Å². The van der Waals surface area contributed by atoms with Gasteiger partial charge in [0, 0.05) is 22.6 Å². The molecule has 0 saturated heterocycles. The number of H-pyrrole nitrogens is 1. The van der Waals surface area contributed by atoms with Gasteiger partial charge in [-0.05, 0) is 38.2 Å². The highest BCUT2D eigenvalue weighted by molar-refractivity contribution is 6.08. The van der Waals surface area contributed by atoms with Gasteiger partial charge in [-0.2, -0.15) is 0 Å². The number of carbonyl (C=O) groups excluding carboxylic acids is 1. The summed E-state index contributed by atoms with van der Waals surface area (Å²) in [6.07, 6.45) is 3.43. The summed E-state index contributed by atoms with van der Waals surface area (Å²) in [5.74, 6) is 0.795. The first-order chi connectivity index (χ1) is 9.15. The lowest BCUT2D eigenvalue weighted by Crippen LogP contribution is -2.33. The third-order valence-corrected chi connectivity index (χ3v) is 4.15. The van der Waals surface area contributed by atoms with Crippen LogP contribution in [0.4, 0.5) is 0 Å².